The fraction of sp³-hybridized carbons (Fsp3) is 0.500. The Hall–Kier alpha value is -2.40. The molecule has 0 bridgehead atoms. The van der Waals surface area contributed by atoms with Crippen LogP contribution in [0.4, 0.5) is 0 Å². The summed E-state index contributed by atoms with van der Waals surface area (Å²) in [5, 5.41) is 5.33. The average molecular weight is 400 g/mol. The molecule has 0 radical (unpaired) electrons. The molecule has 0 spiro atoms. The van der Waals surface area contributed by atoms with Gasteiger partial charge in [0.2, 0.25) is 0 Å². The fourth-order valence-corrected chi connectivity index (χ4v) is 2.73. The summed E-state index contributed by atoms with van der Waals surface area (Å²) in [6, 6.07) is 9.74. The Morgan fingerprint density at radius 3 is 2.00 bits per heavy atom. The molecule has 5 heteroatoms. The Morgan fingerprint density at radius 1 is 0.862 bits per heavy atom. The highest BCUT2D eigenvalue weighted by Gasteiger charge is 2.18. The molecular weight excluding hydrogens is 366 g/mol. The first-order valence-corrected chi connectivity index (χ1v) is 10.5. The van der Waals surface area contributed by atoms with E-state index in [0.29, 0.717) is 0 Å². The highest BCUT2D eigenvalue weighted by molar-refractivity contribution is 5.89. The number of rotatable bonds is 10. The summed E-state index contributed by atoms with van der Waals surface area (Å²) < 4.78 is 11.0. The van der Waals surface area contributed by atoms with E-state index < -0.39 is 0 Å². The van der Waals surface area contributed by atoms with E-state index in [0.717, 1.165) is 30.3 Å². The van der Waals surface area contributed by atoms with E-state index in [1.807, 2.05) is 6.07 Å². The number of hydrogen-bond acceptors (Lipinski definition) is 5. The summed E-state index contributed by atoms with van der Waals surface area (Å²) in [5.41, 5.74) is 1.20. The van der Waals surface area contributed by atoms with Crippen LogP contribution in [0.3, 0.4) is 0 Å². The van der Waals surface area contributed by atoms with Gasteiger partial charge in [0.25, 0.3) is 0 Å². The van der Waals surface area contributed by atoms with Crippen molar-refractivity contribution in [3.63, 3.8) is 0 Å². The maximum Gasteiger partial charge on any atom is 0.313 e. The lowest BCUT2D eigenvalue weighted by molar-refractivity contribution is -0.140. The lowest BCUT2D eigenvalue weighted by Crippen LogP contribution is -2.18. The van der Waals surface area contributed by atoms with E-state index in [-0.39, 0.29) is 35.3 Å². The van der Waals surface area contributed by atoms with Crippen molar-refractivity contribution in [2.75, 3.05) is 13.1 Å². The number of fused-ring (bicyclic) bond motifs is 1. The van der Waals surface area contributed by atoms with Gasteiger partial charge in [-0.15, -0.1) is 0 Å². The third kappa shape index (κ3) is 6.86. The molecular formula is C24H33NO4. The number of ether oxygens (including phenoxy) is 2. The van der Waals surface area contributed by atoms with E-state index in [1.165, 1.54) is 18.4 Å². The van der Waals surface area contributed by atoms with Crippen LogP contribution in [0.2, 0.25) is 0 Å². The molecule has 0 unspecified atom stereocenters. The summed E-state index contributed by atoms with van der Waals surface area (Å²) in [5.74, 6) is -0.715. The van der Waals surface area contributed by atoms with Crippen molar-refractivity contribution >= 4 is 22.7 Å². The third-order valence-corrected chi connectivity index (χ3v) is 4.63. The van der Waals surface area contributed by atoms with Crippen LogP contribution in [0.25, 0.3) is 10.8 Å². The van der Waals surface area contributed by atoms with Crippen LogP contribution in [0.1, 0.15) is 53.0 Å². The second-order valence-electron chi connectivity index (χ2n) is 7.99. The first-order valence-electron chi connectivity index (χ1n) is 10.5. The Morgan fingerprint density at radius 2 is 1.45 bits per heavy atom. The van der Waals surface area contributed by atoms with E-state index in [4.69, 9.17) is 9.47 Å². The minimum atomic E-state index is -0.360. The molecule has 0 aromatic heterocycles. The summed E-state index contributed by atoms with van der Waals surface area (Å²) in [6.07, 6.45) is 3.29. The van der Waals surface area contributed by atoms with Crippen LogP contribution in [-0.2, 0) is 16.0 Å². The Kier molecular flexibility index (Phi) is 8.65. The van der Waals surface area contributed by atoms with Gasteiger partial charge in [-0.25, -0.2) is 0 Å². The molecule has 2 rings (SSSR count). The zero-order valence-corrected chi connectivity index (χ0v) is 18.2. The van der Waals surface area contributed by atoms with Gasteiger partial charge in [0.05, 0.1) is 11.8 Å². The Bertz CT molecular complexity index is 842. The summed E-state index contributed by atoms with van der Waals surface area (Å²) in [4.78, 5) is 24.2. The number of nitrogens with one attached hydrogen (secondary N) is 1. The topological polar surface area (TPSA) is 64.6 Å². The van der Waals surface area contributed by atoms with Crippen LogP contribution in [0.5, 0.6) is 11.5 Å². The predicted octanol–water partition coefficient (Wildman–Crippen LogP) is 4.89. The van der Waals surface area contributed by atoms with Crippen molar-refractivity contribution < 1.29 is 19.1 Å². The second-order valence-corrected chi connectivity index (χ2v) is 7.99. The maximum atomic E-state index is 12.1. The van der Waals surface area contributed by atoms with Gasteiger partial charge in [-0.3, -0.25) is 9.59 Å². The van der Waals surface area contributed by atoms with Gasteiger partial charge in [-0.05, 0) is 54.4 Å². The van der Waals surface area contributed by atoms with Crippen molar-refractivity contribution in [3.8, 4) is 11.5 Å². The first kappa shape index (κ1) is 22.9. The number of esters is 2. The zero-order valence-electron chi connectivity index (χ0n) is 18.2. The largest absolute Gasteiger partial charge is 0.422 e. The van der Waals surface area contributed by atoms with Gasteiger partial charge in [0, 0.05) is 0 Å². The van der Waals surface area contributed by atoms with Crippen LogP contribution in [0.15, 0.2) is 30.3 Å². The molecule has 5 nitrogen and oxygen atoms in total. The first-order chi connectivity index (χ1) is 13.8. The van der Waals surface area contributed by atoms with Crippen LogP contribution < -0.4 is 14.8 Å². The summed E-state index contributed by atoms with van der Waals surface area (Å²) in [7, 11) is 0. The molecule has 2 aromatic rings. The molecule has 0 amide bonds. The van der Waals surface area contributed by atoms with Crippen molar-refractivity contribution in [2.24, 2.45) is 11.8 Å². The van der Waals surface area contributed by atoms with E-state index in [9.17, 15) is 9.59 Å². The average Bonchev–Trinajstić information content (AvgIpc) is 2.68. The van der Waals surface area contributed by atoms with Gasteiger partial charge < -0.3 is 14.8 Å². The van der Waals surface area contributed by atoms with Gasteiger partial charge in [-0.1, -0.05) is 59.2 Å². The lowest BCUT2D eigenvalue weighted by atomic mass is 10.0. The van der Waals surface area contributed by atoms with Gasteiger partial charge in [0.1, 0.15) is 0 Å². The van der Waals surface area contributed by atoms with Crippen molar-refractivity contribution in [1.29, 1.82) is 0 Å². The molecule has 1 N–H and O–H groups in total. The lowest BCUT2D eigenvalue weighted by Gasteiger charge is -2.14. The zero-order chi connectivity index (χ0) is 21.4. The molecule has 0 atom stereocenters. The highest BCUT2D eigenvalue weighted by atomic mass is 16.6. The molecule has 29 heavy (non-hydrogen) atoms. The molecule has 0 saturated heterocycles. The minimum absolute atomic E-state index is 0.276. The highest BCUT2D eigenvalue weighted by Crippen LogP contribution is 2.34. The normalized spacial score (nSPS) is 11.3. The van der Waals surface area contributed by atoms with Crippen LogP contribution in [0, 0.1) is 11.8 Å². The molecule has 0 heterocycles. The number of hydrogen-bond donors (Lipinski definition) is 1. The summed E-state index contributed by atoms with van der Waals surface area (Å²) in [6.45, 7) is 11.2. The molecule has 0 aliphatic heterocycles. The quantitative estimate of drug-likeness (QED) is 0.350. The summed E-state index contributed by atoms with van der Waals surface area (Å²) >= 11 is 0. The number of carbonyl (C=O) groups is 2. The smallest absolute Gasteiger partial charge is 0.313 e. The van der Waals surface area contributed by atoms with E-state index in [1.54, 1.807) is 39.8 Å². The number of benzene rings is 2. The van der Waals surface area contributed by atoms with Crippen molar-refractivity contribution in [3.05, 3.63) is 35.9 Å². The van der Waals surface area contributed by atoms with E-state index >= 15 is 0 Å². The number of unbranched alkanes of at least 4 members (excludes halogenated alkanes) is 1. The standard InChI is InChI=1S/C24H33NO4/c1-6-7-11-25-12-10-18-8-9-19-14-21(28-23(26)16(2)3)22(15-20(19)13-18)29-24(27)17(4)5/h8-9,13-17,25H,6-7,10-12H2,1-5H3. The number of carbonyl (C=O) groups excluding carboxylic acids is 2. The minimum Gasteiger partial charge on any atom is -0.422 e. The Labute approximate surface area is 173 Å². The van der Waals surface area contributed by atoms with Crippen LogP contribution >= 0.6 is 0 Å². The second kappa shape index (κ2) is 11.0. The van der Waals surface area contributed by atoms with Crippen molar-refractivity contribution in [2.45, 2.75) is 53.9 Å². The van der Waals surface area contributed by atoms with Gasteiger partial charge >= 0.3 is 11.9 Å². The molecule has 0 aliphatic carbocycles. The third-order valence-electron chi connectivity index (χ3n) is 4.63. The Balaban J connectivity index is 2.28. The molecule has 0 saturated carbocycles. The van der Waals surface area contributed by atoms with Crippen LogP contribution in [-0.4, -0.2) is 25.0 Å². The monoisotopic (exact) mass is 399 g/mol. The predicted molar refractivity (Wildman–Crippen MR) is 116 cm³/mol. The van der Waals surface area contributed by atoms with Crippen molar-refractivity contribution in [1.82, 2.24) is 5.32 Å². The molecule has 0 aliphatic rings. The maximum absolute atomic E-state index is 12.1. The SMILES string of the molecule is CCCCNCCc1ccc2cc(OC(=O)C(C)C)c(OC(=O)C(C)C)cc2c1. The van der Waals surface area contributed by atoms with Gasteiger partial charge in [-0.2, -0.15) is 0 Å². The fourth-order valence-electron chi connectivity index (χ4n) is 2.73. The molecule has 0 fully saturated rings. The molecule has 158 valence electrons. The molecule has 2 aromatic carbocycles. The van der Waals surface area contributed by atoms with E-state index in [2.05, 4.69) is 24.4 Å². The van der Waals surface area contributed by atoms with Gasteiger partial charge in [0.15, 0.2) is 11.5 Å².